The molecule has 4 nitrogen and oxygen atoms in total. The van der Waals surface area contributed by atoms with Gasteiger partial charge in [0.25, 0.3) is 0 Å². The number of hydrogen-bond acceptors (Lipinski definition) is 4. The fourth-order valence-corrected chi connectivity index (χ4v) is 0.921. The number of aromatic nitrogens is 2. The molecule has 0 aromatic carbocycles. The van der Waals surface area contributed by atoms with Gasteiger partial charge in [-0.2, -0.15) is 0 Å². The Labute approximate surface area is 78.0 Å². The van der Waals surface area contributed by atoms with Crippen LogP contribution in [0, 0.1) is 6.92 Å². The first kappa shape index (κ1) is 9.92. The predicted octanol–water partition coefficient (Wildman–Crippen LogP) is 0.968. The van der Waals surface area contributed by atoms with E-state index < -0.39 is 0 Å². The fourth-order valence-electron chi connectivity index (χ4n) is 0.921. The molecular weight excluding hydrogens is 166 g/mol. The van der Waals surface area contributed by atoms with E-state index in [4.69, 9.17) is 0 Å². The van der Waals surface area contributed by atoms with Crippen LogP contribution in [0.5, 0.6) is 0 Å². The number of aryl methyl sites for hydroxylation is 1. The standard InChI is InChI=1S/C9H15N3O/c1-3-8(13)6-11-9-4-5-10-7(2)12-9/h4-5,8,13H,3,6H2,1-2H3,(H,10,11,12)/t8-/m0/s1. The van der Waals surface area contributed by atoms with E-state index in [-0.39, 0.29) is 6.10 Å². The van der Waals surface area contributed by atoms with Gasteiger partial charge in [0.05, 0.1) is 6.10 Å². The summed E-state index contributed by atoms with van der Waals surface area (Å²) in [5.41, 5.74) is 0. The van der Waals surface area contributed by atoms with Gasteiger partial charge in [-0.1, -0.05) is 6.92 Å². The summed E-state index contributed by atoms with van der Waals surface area (Å²) in [5, 5.41) is 12.3. The van der Waals surface area contributed by atoms with E-state index >= 15 is 0 Å². The molecule has 0 unspecified atom stereocenters. The molecule has 1 heterocycles. The highest BCUT2D eigenvalue weighted by atomic mass is 16.3. The van der Waals surface area contributed by atoms with Crippen LogP contribution in [0.4, 0.5) is 5.82 Å². The Hall–Kier alpha value is -1.16. The lowest BCUT2D eigenvalue weighted by Gasteiger charge is -2.09. The Bertz CT molecular complexity index is 265. The summed E-state index contributed by atoms with van der Waals surface area (Å²) in [7, 11) is 0. The average molecular weight is 181 g/mol. The first-order chi connectivity index (χ1) is 6.22. The number of aliphatic hydroxyl groups is 1. The van der Waals surface area contributed by atoms with Gasteiger partial charge in [0.15, 0.2) is 0 Å². The molecule has 2 N–H and O–H groups in total. The largest absolute Gasteiger partial charge is 0.391 e. The summed E-state index contributed by atoms with van der Waals surface area (Å²) in [6.45, 7) is 4.31. The van der Waals surface area contributed by atoms with E-state index in [1.807, 2.05) is 13.8 Å². The van der Waals surface area contributed by atoms with Gasteiger partial charge in [-0.15, -0.1) is 0 Å². The topological polar surface area (TPSA) is 58.0 Å². The van der Waals surface area contributed by atoms with Crippen LogP contribution in [0.1, 0.15) is 19.2 Å². The molecule has 1 aromatic rings. The lowest BCUT2D eigenvalue weighted by atomic mass is 10.3. The molecule has 0 fully saturated rings. The molecular formula is C9H15N3O. The van der Waals surface area contributed by atoms with Crippen molar-refractivity contribution in [2.45, 2.75) is 26.4 Å². The van der Waals surface area contributed by atoms with Crippen molar-refractivity contribution < 1.29 is 5.11 Å². The highest BCUT2D eigenvalue weighted by molar-refractivity contribution is 5.32. The van der Waals surface area contributed by atoms with Gasteiger partial charge >= 0.3 is 0 Å². The molecule has 0 radical (unpaired) electrons. The van der Waals surface area contributed by atoms with Crippen LogP contribution >= 0.6 is 0 Å². The summed E-state index contributed by atoms with van der Waals surface area (Å²) in [6.07, 6.45) is 2.13. The van der Waals surface area contributed by atoms with Gasteiger partial charge in [-0.05, 0) is 19.4 Å². The monoisotopic (exact) mass is 181 g/mol. The van der Waals surface area contributed by atoms with Gasteiger partial charge < -0.3 is 10.4 Å². The zero-order valence-electron chi connectivity index (χ0n) is 7.99. The average Bonchev–Trinajstić information content (AvgIpc) is 2.14. The fraction of sp³-hybridized carbons (Fsp3) is 0.556. The summed E-state index contributed by atoms with van der Waals surface area (Å²) < 4.78 is 0. The molecule has 13 heavy (non-hydrogen) atoms. The molecule has 0 bridgehead atoms. The molecule has 4 heteroatoms. The molecule has 1 atom stereocenters. The van der Waals surface area contributed by atoms with Gasteiger partial charge in [-0.25, -0.2) is 9.97 Å². The summed E-state index contributed by atoms with van der Waals surface area (Å²) in [4.78, 5) is 8.12. The van der Waals surface area contributed by atoms with Crippen molar-refractivity contribution in [1.82, 2.24) is 9.97 Å². The van der Waals surface area contributed by atoms with E-state index in [1.165, 1.54) is 0 Å². The van der Waals surface area contributed by atoms with Gasteiger partial charge in [0.2, 0.25) is 0 Å². The molecule has 72 valence electrons. The van der Waals surface area contributed by atoms with Crippen molar-refractivity contribution in [3.8, 4) is 0 Å². The van der Waals surface area contributed by atoms with Crippen molar-refractivity contribution in [2.24, 2.45) is 0 Å². The Morgan fingerprint density at radius 3 is 3.00 bits per heavy atom. The molecule has 1 aromatic heterocycles. The Morgan fingerprint density at radius 1 is 1.62 bits per heavy atom. The predicted molar refractivity (Wildman–Crippen MR) is 51.6 cm³/mol. The molecule has 0 spiro atoms. The molecule has 0 amide bonds. The van der Waals surface area contributed by atoms with E-state index in [1.54, 1.807) is 12.3 Å². The van der Waals surface area contributed by atoms with E-state index in [0.29, 0.717) is 6.54 Å². The minimum Gasteiger partial charge on any atom is -0.391 e. The molecule has 1 rings (SSSR count). The minimum absolute atomic E-state index is 0.310. The molecule has 0 aliphatic heterocycles. The van der Waals surface area contributed by atoms with Crippen LogP contribution in [-0.4, -0.2) is 27.7 Å². The third-order valence-electron chi connectivity index (χ3n) is 1.77. The van der Waals surface area contributed by atoms with Crippen LogP contribution in [0.2, 0.25) is 0 Å². The number of aliphatic hydroxyl groups excluding tert-OH is 1. The number of anilines is 1. The lowest BCUT2D eigenvalue weighted by Crippen LogP contribution is -2.18. The van der Waals surface area contributed by atoms with E-state index in [0.717, 1.165) is 18.1 Å². The Kier molecular flexibility index (Phi) is 3.64. The second kappa shape index (κ2) is 4.77. The number of nitrogens with zero attached hydrogens (tertiary/aromatic N) is 2. The van der Waals surface area contributed by atoms with Crippen LogP contribution in [0.25, 0.3) is 0 Å². The van der Waals surface area contributed by atoms with Gasteiger partial charge in [0.1, 0.15) is 11.6 Å². The third kappa shape index (κ3) is 3.38. The van der Waals surface area contributed by atoms with E-state index in [9.17, 15) is 5.11 Å². The SMILES string of the molecule is CC[C@H](O)CNc1ccnc(C)n1. The molecule has 0 saturated carbocycles. The van der Waals surface area contributed by atoms with Crippen LogP contribution in [-0.2, 0) is 0 Å². The highest BCUT2D eigenvalue weighted by Gasteiger charge is 2.00. The second-order valence-electron chi connectivity index (χ2n) is 2.93. The summed E-state index contributed by atoms with van der Waals surface area (Å²) in [5.74, 6) is 1.50. The van der Waals surface area contributed by atoms with E-state index in [2.05, 4.69) is 15.3 Å². The Balaban J connectivity index is 2.45. The molecule has 0 aliphatic carbocycles. The maximum atomic E-state index is 9.28. The van der Waals surface area contributed by atoms with Crippen LogP contribution in [0.3, 0.4) is 0 Å². The molecule has 0 saturated heterocycles. The van der Waals surface area contributed by atoms with Crippen molar-refractivity contribution in [3.63, 3.8) is 0 Å². The van der Waals surface area contributed by atoms with Gasteiger partial charge in [-0.3, -0.25) is 0 Å². The van der Waals surface area contributed by atoms with Crippen molar-refractivity contribution in [3.05, 3.63) is 18.1 Å². The zero-order chi connectivity index (χ0) is 9.68. The van der Waals surface area contributed by atoms with Crippen molar-refractivity contribution >= 4 is 5.82 Å². The summed E-state index contributed by atoms with van der Waals surface area (Å²) in [6, 6.07) is 1.79. The smallest absolute Gasteiger partial charge is 0.129 e. The highest BCUT2D eigenvalue weighted by Crippen LogP contribution is 2.01. The Morgan fingerprint density at radius 2 is 2.38 bits per heavy atom. The first-order valence-electron chi connectivity index (χ1n) is 4.44. The lowest BCUT2D eigenvalue weighted by molar-refractivity contribution is 0.183. The first-order valence-corrected chi connectivity index (χ1v) is 4.44. The van der Waals surface area contributed by atoms with Crippen LogP contribution < -0.4 is 5.32 Å². The quantitative estimate of drug-likeness (QED) is 0.726. The second-order valence-corrected chi connectivity index (χ2v) is 2.93. The number of hydrogen-bond donors (Lipinski definition) is 2. The zero-order valence-corrected chi connectivity index (χ0v) is 7.99. The normalized spacial score (nSPS) is 12.5. The number of nitrogens with one attached hydrogen (secondary N) is 1. The molecule has 0 aliphatic rings. The summed E-state index contributed by atoms with van der Waals surface area (Å²) >= 11 is 0. The maximum Gasteiger partial charge on any atom is 0.129 e. The van der Waals surface area contributed by atoms with Gasteiger partial charge in [0, 0.05) is 12.7 Å². The minimum atomic E-state index is -0.310. The van der Waals surface area contributed by atoms with Crippen molar-refractivity contribution in [1.29, 1.82) is 0 Å². The number of rotatable bonds is 4. The maximum absolute atomic E-state index is 9.28. The van der Waals surface area contributed by atoms with Crippen molar-refractivity contribution in [2.75, 3.05) is 11.9 Å². The van der Waals surface area contributed by atoms with Crippen LogP contribution in [0.15, 0.2) is 12.3 Å². The third-order valence-corrected chi connectivity index (χ3v) is 1.77.